The van der Waals surface area contributed by atoms with E-state index in [0.29, 0.717) is 5.75 Å². The maximum Gasteiger partial charge on any atom is 0.339 e. The molecule has 1 N–H and O–H groups in total. The SMILES string of the molecule is CC(C)(C)c1cccc(Oc2ccc(F)cc2C(=O)O)c1. The number of halogens is 1. The van der Waals surface area contributed by atoms with Crippen LogP contribution in [0.2, 0.25) is 0 Å². The van der Waals surface area contributed by atoms with Gasteiger partial charge in [0, 0.05) is 0 Å². The number of carboxylic acids is 1. The summed E-state index contributed by atoms with van der Waals surface area (Å²) >= 11 is 0. The predicted octanol–water partition coefficient (Wildman–Crippen LogP) is 4.61. The Morgan fingerprint density at radius 3 is 2.48 bits per heavy atom. The lowest BCUT2D eigenvalue weighted by Gasteiger charge is -2.20. The van der Waals surface area contributed by atoms with Crippen LogP contribution >= 0.6 is 0 Å². The van der Waals surface area contributed by atoms with Crippen LogP contribution in [0.1, 0.15) is 36.7 Å². The van der Waals surface area contributed by atoms with Crippen LogP contribution in [-0.2, 0) is 5.41 Å². The first-order valence-electron chi connectivity index (χ1n) is 6.58. The Hall–Kier alpha value is -2.36. The van der Waals surface area contributed by atoms with Crippen LogP contribution in [0.15, 0.2) is 42.5 Å². The maximum atomic E-state index is 13.1. The molecule has 2 aromatic carbocycles. The van der Waals surface area contributed by atoms with Gasteiger partial charge in [0.15, 0.2) is 0 Å². The molecule has 0 bridgehead atoms. The second-order valence-corrected chi connectivity index (χ2v) is 5.83. The summed E-state index contributed by atoms with van der Waals surface area (Å²) in [7, 11) is 0. The zero-order valence-electron chi connectivity index (χ0n) is 12.2. The van der Waals surface area contributed by atoms with Crippen LogP contribution < -0.4 is 4.74 Å². The van der Waals surface area contributed by atoms with Crippen molar-refractivity contribution in [2.45, 2.75) is 26.2 Å². The van der Waals surface area contributed by atoms with E-state index in [-0.39, 0.29) is 16.7 Å². The molecule has 0 spiro atoms. The van der Waals surface area contributed by atoms with E-state index in [0.717, 1.165) is 11.6 Å². The summed E-state index contributed by atoms with van der Waals surface area (Å²) < 4.78 is 18.8. The largest absolute Gasteiger partial charge is 0.478 e. The fourth-order valence-electron chi connectivity index (χ4n) is 1.91. The van der Waals surface area contributed by atoms with E-state index in [1.807, 2.05) is 18.2 Å². The van der Waals surface area contributed by atoms with E-state index >= 15 is 0 Å². The van der Waals surface area contributed by atoms with Crippen molar-refractivity contribution in [1.29, 1.82) is 0 Å². The molecule has 0 fully saturated rings. The summed E-state index contributed by atoms with van der Waals surface area (Å²) in [4.78, 5) is 11.1. The molecule has 0 aromatic heterocycles. The molecule has 0 aliphatic carbocycles. The number of benzene rings is 2. The maximum absolute atomic E-state index is 13.1. The Morgan fingerprint density at radius 2 is 1.86 bits per heavy atom. The first-order chi connectivity index (χ1) is 9.77. The monoisotopic (exact) mass is 288 g/mol. The van der Waals surface area contributed by atoms with Gasteiger partial charge in [-0.05, 0) is 41.3 Å². The van der Waals surface area contributed by atoms with Crippen molar-refractivity contribution in [3.63, 3.8) is 0 Å². The summed E-state index contributed by atoms with van der Waals surface area (Å²) in [5, 5.41) is 9.11. The Balaban J connectivity index is 2.37. The highest BCUT2D eigenvalue weighted by molar-refractivity contribution is 5.91. The molecule has 4 heteroatoms. The summed E-state index contributed by atoms with van der Waals surface area (Å²) in [6.07, 6.45) is 0. The zero-order valence-corrected chi connectivity index (χ0v) is 12.2. The first kappa shape index (κ1) is 15.0. The molecule has 0 unspecified atom stereocenters. The lowest BCUT2D eigenvalue weighted by atomic mass is 9.87. The van der Waals surface area contributed by atoms with Crippen molar-refractivity contribution in [2.24, 2.45) is 0 Å². The average molecular weight is 288 g/mol. The lowest BCUT2D eigenvalue weighted by molar-refractivity contribution is 0.0693. The van der Waals surface area contributed by atoms with Crippen LogP contribution in [0.3, 0.4) is 0 Å². The number of hydrogen-bond acceptors (Lipinski definition) is 2. The van der Waals surface area contributed by atoms with Crippen LogP contribution in [0, 0.1) is 5.82 Å². The molecule has 2 rings (SSSR count). The topological polar surface area (TPSA) is 46.5 Å². The van der Waals surface area contributed by atoms with Crippen LogP contribution in [-0.4, -0.2) is 11.1 Å². The van der Waals surface area contributed by atoms with Crippen LogP contribution in [0.25, 0.3) is 0 Å². The van der Waals surface area contributed by atoms with Gasteiger partial charge < -0.3 is 9.84 Å². The van der Waals surface area contributed by atoms with Crippen LogP contribution in [0.4, 0.5) is 4.39 Å². The van der Waals surface area contributed by atoms with E-state index in [4.69, 9.17) is 9.84 Å². The smallest absolute Gasteiger partial charge is 0.339 e. The Kier molecular flexibility index (Phi) is 3.98. The molecular formula is C17H17FO3. The molecule has 0 atom stereocenters. The summed E-state index contributed by atoms with van der Waals surface area (Å²) in [5.41, 5.74) is 0.827. The van der Waals surface area contributed by atoms with E-state index in [1.165, 1.54) is 12.1 Å². The van der Waals surface area contributed by atoms with Gasteiger partial charge in [0.05, 0.1) is 0 Å². The van der Waals surface area contributed by atoms with E-state index in [9.17, 15) is 9.18 Å². The fraction of sp³-hybridized carbons (Fsp3) is 0.235. The molecule has 0 heterocycles. The fourth-order valence-corrected chi connectivity index (χ4v) is 1.91. The molecule has 0 radical (unpaired) electrons. The highest BCUT2D eigenvalue weighted by Crippen LogP contribution is 2.30. The predicted molar refractivity (Wildman–Crippen MR) is 78.6 cm³/mol. The van der Waals surface area contributed by atoms with Crippen molar-refractivity contribution in [2.75, 3.05) is 0 Å². The van der Waals surface area contributed by atoms with Crippen molar-refractivity contribution in [3.05, 3.63) is 59.4 Å². The van der Waals surface area contributed by atoms with Crippen molar-refractivity contribution in [3.8, 4) is 11.5 Å². The second kappa shape index (κ2) is 5.56. The van der Waals surface area contributed by atoms with Gasteiger partial charge in [-0.1, -0.05) is 32.9 Å². The molecule has 110 valence electrons. The van der Waals surface area contributed by atoms with Crippen LogP contribution in [0.5, 0.6) is 11.5 Å². The highest BCUT2D eigenvalue weighted by atomic mass is 19.1. The molecule has 0 saturated heterocycles. The first-order valence-corrected chi connectivity index (χ1v) is 6.58. The number of aromatic carboxylic acids is 1. The van der Waals surface area contributed by atoms with Gasteiger partial charge in [-0.2, -0.15) is 0 Å². The summed E-state index contributed by atoms with van der Waals surface area (Å²) in [5.74, 6) is -1.19. The third-order valence-corrected chi connectivity index (χ3v) is 3.10. The minimum absolute atomic E-state index is 0.0439. The van der Waals surface area contributed by atoms with E-state index in [2.05, 4.69) is 20.8 Å². The van der Waals surface area contributed by atoms with Crippen molar-refractivity contribution in [1.82, 2.24) is 0 Å². The quantitative estimate of drug-likeness (QED) is 0.896. The zero-order chi connectivity index (χ0) is 15.6. The van der Waals surface area contributed by atoms with Crippen molar-refractivity contribution < 1.29 is 19.0 Å². The molecule has 0 aliphatic heterocycles. The molecule has 0 amide bonds. The number of rotatable bonds is 3. The molecule has 0 aliphatic rings. The Bertz CT molecular complexity index is 672. The minimum atomic E-state index is -1.23. The van der Waals surface area contributed by atoms with Gasteiger partial charge in [0.2, 0.25) is 0 Å². The third-order valence-electron chi connectivity index (χ3n) is 3.10. The van der Waals surface area contributed by atoms with Gasteiger partial charge in [-0.25, -0.2) is 9.18 Å². The average Bonchev–Trinajstić information content (AvgIpc) is 2.40. The molecule has 21 heavy (non-hydrogen) atoms. The summed E-state index contributed by atoms with van der Waals surface area (Å²) in [6.45, 7) is 6.23. The minimum Gasteiger partial charge on any atom is -0.478 e. The van der Waals surface area contributed by atoms with Gasteiger partial charge in [-0.3, -0.25) is 0 Å². The third kappa shape index (κ3) is 3.60. The van der Waals surface area contributed by atoms with E-state index < -0.39 is 11.8 Å². The number of ether oxygens (including phenoxy) is 1. The number of carbonyl (C=O) groups is 1. The molecule has 2 aromatic rings. The standard InChI is InChI=1S/C17H17FO3/c1-17(2,3)11-5-4-6-13(9-11)21-15-8-7-12(18)10-14(15)16(19)20/h4-10H,1-3H3,(H,19,20). The summed E-state index contributed by atoms with van der Waals surface area (Å²) in [6, 6.07) is 10.9. The molecular weight excluding hydrogens is 271 g/mol. The lowest BCUT2D eigenvalue weighted by Crippen LogP contribution is -2.10. The number of hydrogen-bond donors (Lipinski definition) is 1. The molecule has 3 nitrogen and oxygen atoms in total. The van der Waals surface area contributed by atoms with Gasteiger partial charge in [0.25, 0.3) is 0 Å². The van der Waals surface area contributed by atoms with E-state index in [1.54, 1.807) is 6.07 Å². The van der Waals surface area contributed by atoms with Crippen molar-refractivity contribution >= 4 is 5.97 Å². The Labute approximate surface area is 123 Å². The molecule has 0 saturated carbocycles. The Morgan fingerprint density at radius 1 is 1.14 bits per heavy atom. The normalized spacial score (nSPS) is 11.2. The second-order valence-electron chi connectivity index (χ2n) is 5.83. The number of carboxylic acid groups (broad SMARTS) is 1. The van der Waals surface area contributed by atoms with Gasteiger partial charge in [0.1, 0.15) is 22.9 Å². The van der Waals surface area contributed by atoms with Gasteiger partial charge >= 0.3 is 5.97 Å². The highest BCUT2D eigenvalue weighted by Gasteiger charge is 2.16. The van der Waals surface area contributed by atoms with Gasteiger partial charge in [-0.15, -0.1) is 0 Å².